The van der Waals surface area contributed by atoms with Crippen LogP contribution in [0.4, 0.5) is 5.69 Å². The Morgan fingerprint density at radius 3 is 2.50 bits per heavy atom. The molecule has 0 unspecified atom stereocenters. The predicted molar refractivity (Wildman–Crippen MR) is 163 cm³/mol. The summed E-state index contributed by atoms with van der Waals surface area (Å²) in [7, 11) is -2.51. The van der Waals surface area contributed by atoms with E-state index >= 15 is 0 Å². The SMILES string of the molecule is CN(C[C@@H](CCN1CCC2(CC1)CNC(=O)c1ccccc12)c1ccc(Cl)c(Cl)c1)S(=O)(=O)c1cccc([N+](=O)[O-])c1. The third-order valence-electron chi connectivity index (χ3n) is 8.57. The number of nitrogens with zero attached hydrogens (tertiary/aromatic N) is 3. The molecule has 1 saturated heterocycles. The minimum Gasteiger partial charge on any atom is -0.351 e. The highest BCUT2D eigenvalue weighted by Gasteiger charge is 2.41. The van der Waals surface area contributed by atoms with E-state index in [-0.39, 0.29) is 34.4 Å². The highest BCUT2D eigenvalue weighted by atomic mass is 35.5. The summed E-state index contributed by atoms with van der Waals surface area (Å²) in [5, 5.41) is 15.1. The van der Waals surface area contributed by atoms with E-state index in [9.17, 15) is 23.3 Å². The van der Waals surface area contributed by atoms with E-state index in [0.29, 0.717) is 23.0 Å². The fourth-order valence-electron chi connectivity index (χ4n) is 6.05. The molecule has 12 heteroatoms. The Morgan fingerprint density at radius 1 is 1.05 bits per heavy atom. The molecule has 1 fully saturated rings. The number of rotatable bonds is 9. The van der Waals surface area contributed by atoms with E-state index in [4.69, 9.17) is 23.2 Å². The first-order valence-corrected chi connectivity index (χ1v) is 16.0. The van der Waals surface area contributed by atoms with Gasteiger partial charge in [0, 0.05) is 43.2 Å². The van der Waals surface area contributed by atoms with Crippen molar-refractivity contribution >= 4 is 44.8 Å². The first-order chi connectivity index (χ1) is 20.0. The topological polar surface area (TPSA) is 113 Å². The summed E-state index contributed by atoms with van der Waals surface area (Å²) in [6.45, 7) is 3.21. The van der Waals surface area contributed by atoms with Crippen LogP contribution in [0.5, 0.6) is 0 Å². The van der Waals surface area contributed by atoms with Gasteiger partial charge in [-0.15, -0.1) is 0 Å². The maximum absolute atomic E-state index is 13.4. The number of carbonyl (C=O) groups is 1. The van der Waals surface area contributed by atoms with Gasteiger partial charge in [-0.2, -0.15) is 0 Å². The molecule has 2 aliphatic heterocycles. The van der Waals surface area contributed by atoms with Crippen molar-refractivity contribution in [3.63, 3.8) is 0 Å². The number of non-ortho nitro benzene ring substituents is 1. The molecule has 9 nitrogen and oxygen atoms in total. The summed E-state index contributed by atoms with van der Waals surface area (Å²) in [6, 6.07) is 18.3. The first-order valence-electron chi connectivity index (χ1n) is 13.8. The number of likely N-dealkylation sites (tertiary alicyclic amines) is 1. The Bertz CT molecular complexity index is 1610. The lowest BCUT2D eigenvalue weighted by molar-refractivity contribution is -0.385. The van der Waals surface area contributed by atoms with Crippen LogP contribution >= 0.6 is 23.2 Å². The number of fused-ring (bicyclic) bond motifs is 2. The van der Waals surface area contributed by atoms with Gasteiger partial charge in [-0.3, -0.25) is 14.9 Å². The first kappa shape index (κ1) is 30.4. The molecule has 1 atom stereocenters. The highest BCUT2D eigenvalue weighted by molar-refractivity contribution is 7.89. The fraction of sp³-hybridized carbons (Fsp3) is 0.367. The smallest absolute Gasteiger partial charge is 0.270 e. The lowest BCUT2D eigenvalue weighted by Crippen LogP contribution is -2.52. The average molecular weight is 632 g/mol. The second-order valence-corrected chi connectivity index (χ2v) is 13.9. The second-order valence-electron chi connectivity index (χ2n) is 11.0. The Morgan fingerprint density at radius 2 is 1.79 bits per heavy atom. The molecule has 3 aromatic rings. The highest BCUT2D eigenvalue weighted by Crippen LogP contribution is 2.39. The van der Waals surface area contributed by atoms with E-state index in [2.05, 4.69) is 16.3 Å². The van der Waals surface area contributed by atoms with Gasteiger partial charge in [0.1, 0.15) is 0 Å². The minimum absolute atomic E-state index is 0.0210. The number of hydrogen-bond donors (Lipinski definition) is 1. The van der Waals surface area contributed by atoms with Gasteiger partial charge in [0.15, 0.2) is 0 Å². The van der Waals surface area contributed by atoms with Gasteiger partial charge >= 0.3 is 0 Å². The lowest BCUT2D eigenvalue weighted by atomic mass is 9.69. The average Bonchev–Trinajstić information content (AvgIpc) is 2.99. The van der Waals surface area contributed by atoms with Crippen molar-refractivity contribution in [2.75, 3.05) is 39.8 Å². The molecule has 42 heavy (non-hydrogen) atoms. The van der Waals surface area contributed by atoms with E-state index < -0.39 is 14.9 Å². The van der Waals surface area contributed by atoms with E-state index in [1.54, 1.807) is 12.1 Å². The molecule has 0 aliphatic carbocycles. The number of nitro groups is 1. The summed E-state index contributed by atoms with van der Waals surface area (Å²) >= 11 is 12.5. The van der Waals surface area contributed by atoms with E-state index in [1.165, 1.54) is 29.6 Å². The maximum atomic E-state index is 13.4. The summed E-state index contributed by atoms with van der Waals surface area (Å²) in [4.78, 5) is 25.3. The number of amides is 1. The molecule has 2 heterocycles. The predicted octanol–water partition coefficient (Wildman–Crippen LogP) is 5.47. The third-order valence-corrected chi connectivity index (χ3v) is 11.1. The van der Waals surface area contributed by atoms with Gasteiger partial charge in [-0.05, 0) is 80.2 Å². The Labute approximate surface area is 255 Å². The number of piperidine rings is 1. The van der Waals surface area contributed by atoms with Crippen molar-refractivity contribution in [3.05, 3.63) is 104 Å². The Hall–Kier alpha value is -3.02. The van der Waals surface area contributed by atoms with Gasteiger partial charge in [0.25, 0.3) is 11.6 Å². The van der Waals surface area contributed by atoms with Crippen LogP contribution in [0.2, 0.25) is 10.0 Å². The number of sulfonamides is 1. The maximum Gasteiger partial charge on any atom is 0.270 e. The zero-order valence-corrected chi connectivity index (χ0v) is 25.5. The molecule has 222 valence electrons. The van der Waals surface area contributed by atoms with Crippen LogP contribution < -0.4 is 5.32 Å². The molecule has 0 bridgehead atoms. The molecule has 3 aromatic carbocycles. The van der Waals surface area contributed by atoms with E-state index in [1.807, 2.05) is 24.3 Å². The lowest BCUT2D eigenvalue weighted by Gasteiger charge is -2.45. The number of benzene rings is 3. The van der Waals surface area contributed by atoms with Gasteiger partial charge in [0.05, 0.1) is 19.9 Å². The van der Waals surface area contributed by atoms with Crippen LogP contribution in [0, 0.1) is 10.1 Å². The van der Waals surface area contributed by atoms with Crippen LogP contribution in [0.25, 0.3) is 0 Å². The molecule has 0 aromatic heterocycles. The van der Waals surface area contributed by atoms with Crippen LogP contribution in [-0.2, 0) is 15.4 Å². The number of nitro benzene ring substituents is 1. The van der Waals surface area contributed by atoms with Crippen molar-refractivity contribution < 1.29 is 18.1 Å². The molecule has 5 rings (SSSR count). The standard InChI is InChI=1S/C30H32Cl2N4O5S/c1-34(42(40,41)24-6-4-5-23(18-24)36(38)39)19-22(21-9-10-27(31)28(32)17-21)11-14-35-15-12-30(13-16-35)20-33-29(37)25-7-2-3-8-26(25)30/h2-10,17-18,22H,11-16,19-20H2,1H3,(H,33,37)/t22-/m1/s1. The van der Waals surface area contributed by atoms with Crippen molar-refractivity contribution in [3.8, 4) is 0 Å². The molecule has 1 spiro atoms. The second kappa shape index (κ2) is 12.3. The largest absolute Gasteiger partial charge is 0.351 e. The molecule has 1 N–H and O–H groups in total. The minimum atomic E-state index is -3.99. The van der Waals surface area contributed by atoms with Crippen LogP contribution in [0.1, 0.15) is 46.7 Å². The number of halogens is 2. The zero-order valence-electron chi connectivity index (χ0n) is 23.1. The number of carbonyl (C=O) groups excluding carboxylic acids is 1. The molecule has 0 radical (unpaired) electrons. The molecular formula is C30H32Cl2N4O5S. The zero-order chi connectivity index (χ0) is 30.1. The number of nitrogens with one attached hydrogen (secondary N) is 1. The third kappa shape index (κ3) is 6.18. The van der Waals surface area contributed by atoms with E-state index in [0.717, 1.165) is 55.2 Å². The van der Waals surface area contributed by atoms with Gasteiger partial charge < -0.3 is 10.2 Å². The van der Waals surface area contributed by atoms with Crippen LogP contribution in [-0.4, -0.2) is 68.2 Å². The van der Waals surface area contributed by atoms with Crippen molar-refractivity contribution in [2.45, 2.75) is 35.5 Å². The summed E-state index contributed by atoms with van der Waals surface area (Å²) in [6.07, 6.45) is 2.47. The molecule has 1 amide bonds. The molecular weight excluding hydrogens is 599 g/mol. The molecule has 0 saturated carbocycles. The van der Waals surface area contributed by atoms with Gasteiger partial charge in [-0.1, -0.05) is 53.5 Å². The number of likely N-dealkylation sites (N-methyl/N-ethyl adjacent to an activating group) is 1. The Balaban J connectivity index is 1.31. The molecule has 2 aliphatic rings. The monoisotopic (exact) mass is 630 g/mol. The van der Waals surface area contributed by atoms with Crippen LogP contribution in [0.15, 0.2) is 71.6 Å². The van der Waals surface area contributed by atoms with Gasteiger partial charge in [0.2, 0.25) is 10.0 Å². The summed E-state index contributed by atoms with van der Waals surface area (Å²) in [5.74, 6) is -0.226. The van der Waals surface area contributed by atoms with Crippen molar-refractivity contribution in [1.29, 1.82) is 0 Å². The summed E-state index contributed by atoms with van der Waals surface area (Å²) in [5.41, 5.74) is 2.37. The fourth-order valence-corrected chi connectivity index (χ4v) is 7.61. The quantitative estimate of drug-likeness (QED) is 0.248. The van der Waals surface area contributed by atoms with Gasteiger partial charge in [-0.25, -0.2) is 12.7 Å². The number of hydrogen-bond acceptors (Lipinski definition) is 6. The van der Waals surface area contributed by atoms with Crippen molar-refractivity contribution in [2.24, 2.45) is 0 Å². The normalized spacial score (nSPS) is 17.6. The van der Waals surface area contributed by atoms with Crippen molar-refractivity contribution in [1.82, 2.24) is 14.5 Å². The summed E-state index contributed by atoms with van der Waals surface area (Å²) < 4.78 is 28.1. The Kier molecular flexibility index (Phi) is 8.91. The van der Waals surface area contributed by atoms with Crippen LogP contribution in [0.3, 0.4) is 0 Å².